The molecule has 0 rings (SSSR count). The van der Waals surface area contributed by atoms with Crippen LogP contribution in [-0.4, -0.2) is 18.5 Å². The van der Waals surface area contributed by atoms with E-state index >= 15 is 0 Å². The summed E-state index contributed by atoms with van der Waals surface area (Å²) in [6.45, 7) is 6.64. The molecular formula is C36H75Fe2O9P3. The van der Waals surface area contributed by atoms with Gasteiger partial charge in [0.05, 0.1) is 0 Å². The van der Waals surface area contributed by atoms with Gasteiger partial charge >= 0.3 is 34.1 Å². The van der Waals surface area contributed by atoms with E-state index in [1.165, 1.54) is 135 Å². The van der Waals surface area contributed by atoms with Gasteiger partial charge in [-0.1, -0.05) is 217 Å². The number of hydrogen-bond acceptors (Lipinski definition) is 9. The van der Waals surface area contributed by atoms with Gasteiger partial charge in [0.2, 0.25) is 0 Å². The van der Waals surface area contributed by atoms with Crippen molar-refractivity contribution in [3.8, 4) is 0 Å². The van der Waals surface area contributed by atoms with Crippen LogP contribution in [0.1, 0.15) is 213 Å². The van der Waals surface area contributed by atoms with Crippen molar-refractivity contribution in [2.24, 2.45) is 0 Å². The summed E-state index contributed by atoms with van der Waals surface area (Å²) in [4.78, 5) is 62.0. The Labute approximate surface area is 330 Å². The summed E-state index contributed by atoms with van der Waals surface area (Å²) in [5.41, 5.74) is 0. The molecule has 2 radical (unpaired) electrons. The quantitative estimate of drug-likeness (QED) is 0.0354. The molecule has 0 atom stereocenters. The molecule has 0 aromatic rings. The summed E-state index contributed by atoms with van der Waals surface area (Å²) in [6.07, 6.45) is 33.9. The number of unbranched alkanes of at least 4 members (excludes halogenated alkanes) is 27. The first-order chi connectivity index (χ1) is 22.7. The van der Waals surface area contributed by atoms with Gasteiger partial charge in [0.1, 0.15) is 0 Å². The molecular weight excluding hydrogens is 781 g/mol. The third-order valence-electron chi connectivity index (χ3n) is 8.36. The van der Waals surface area contributed by atoms with Gasteiger partial charge < -0.3 is 43.1 Å². The second-order valence-electron chi connectivity index (χ2n) is 13.5. The fourth-order valence-corrected chi connectivity index (χ4v) is 7.21. The van der Waals surface area contributed by atoms with Gasteiger partial charge in [-0.2, -0.15) is 0 Å². The first kappa shape index (κ1) is 60.7. The zero-order valence-corrected chi connectivity index (χ0v) is 36.9. The third kappa shape index (κ3) is 71.0. The molecule has 0 spiro atoms. The zero-order valence-electron chi connectivity index (χ0n) is 32.1. The molecule has 304 valence electrons. The van der Waals surface area contributed by atoms with Crippen molar-refractivity contribution in [3.63, 3.8) is 0 Å². The van der Waals surface area contributed by atoms with Gasteiger partial charge in [0, 0.05) is 0 Å². The van der Waals surface area contributed by atoms with Crippen molar-refractivity contribution in [2.75, 3.05) is 18.5 Å². The molecule has 0 aromatic heterocycles. The van der Waals surface area contributed by atoms with E-state index in [1.54, 1.807) is 0 Å². The van der Waals surface area contributed by atoms with Crippen LogP contribution in [0.3, 0.4) is 0 Å². The maximum absolute atomic E-state index is 10.3. The van der Waals surface area contributed by atoms with Crippen LogP contribution in [0.15, 0.2) is 0 Å². The predicted octanol–water partition coefficient (Wildman–Crippen LogP) is 8.46. The molecule has 0 aromatic carbocycles. The average Bonchev–Trinajstić information content (AvgIpc) is 2.99. The number of rotatable bonds is 33. The second-order valence-corrected chi connectivity index (χ2v) is 18.6. The van der Waals surface area contributed by atoms with Crippen molar-refractivity contribution in [3.05, 3.63) is 0 Å². The normalized spacial score (nSPS) is 11.5. The van der Waals surface area contributed by atoms with Gasteiger partial charge in [0.25, 0.3) is 0 Å². The first-order valence-corrected chi connectivity index (χ1v) is 24.9. The average molecular weight is 857 g/mol. The Kier molecular flexibility index (Phi) is 54.5. The summed E-state index contributed by atoms with van der Waals surface area (Å²) >= 11 is 0. The summed E-state index contributed by atoms with van der Waals surface area (Å²) in [5.74, 6) is 0. The summed E-state index contributed by atoms with van der Waals surface area (Å²) in [5, 5.41) is 0. The summed E-state index contributed by atoms with van der Waals surface area (Å²) in [7, 11) is -12.7. The van der Waals surface area contributed by atoms with Crippen molar-refractivity contribution in [1.29, 1.82) is 0 Å². The van der Waals surface area contributed by atoms with Gasteiger partial charge in [-0.15, -0.1) is 0 Å². The van der Waals surface area contributed by atoms with Crippen LogP contribution in [0.4, 0.5) is 0 Å². The fraction of sp³-hybridized carbons (Fsp3) is 1.00. The van der Waals surface area contributed by atoms with E-state index in [0.717, 1.165) is 38.5 Å². The molecule has 0 saturated heterocycles. The fourth-order valence-electron chi connectivity index (χ4n) is 5.38. The van der Waals surface area contributed by atoms with Crippen LogP contribution in [0.2, 0.25) is 0 Å². The Balaban J connectivity index is -0.000000199. The smallest absolute Gasteiger partial charge is 0.811 e. The third-order valence-corrected chi connectivity index (χ3v) is 10.9. The minimum atomic E-state index is -4.24. The van der Waals surface area contributed by atoms with Crippen LogP contribution in [-0.2, 0) is 47.8 Å². The van der Waals surface area contributed by atoms with Crippen molar-refractivity contribution < 1.29 is 77.2 Å². The van der Waals surface area contributed by atoms with E-state index in [4.69, 9.17) is 0 Å². The molecule has 9 nitrogen and oxygen atoms in total. The van der Waals surface area contributed by atoms with Gasteiger partial charge in [-0.05, 0) is 37.7 Å². The largest absolute Gasteiger partial charge is 3.00 e. The summed E-state index contributed by atoms with van der Waals surface area (Å²) in [6, 6.07) is 0. The predicted molar refractivity (Wildman–Crippen MR) is 193 cm³/mol. The Morgan fingerprint density at radius 1 is 0.260 bits per heavy atom. The standard InChI is InChI=1S/3C12H27O3P.2Fe/c3*1-2-3-4-5-6-7-8-9-10-11-12-16(13,14)15;;/h3*2-12H2,1H3,(H2,13,14,15);;/q;;;2*+3/p-6. The Morgan fingerprint density at radius 3 is 0.500 bits per heavy atom. The molecule has 50 heavy (non-hydrogen) atoms. The molecule has 14 heteroatoms. The molecule has 0 fully saturated rings. The molecule has 0 aliphatic heterocycles. The molecule has 0 unspecified atom stereocenters. The topological polar surface area (TPSA) is 190 Å². The van der Waals surface area contributed by atoms with Crippen molar-refractivity contribution in [2.45, 2.75) is 213 Å². The van der Waals surface area contributed by atoms with Crippen molar-refractivity contribution >= 4 is 22.8 Å². The maximum atomic E-state index is 10.3. The SMILES string of the molecule is CCCCCCCCCCCCP(=O)([O-])[O-].CCCCCCCCCCCCP(=O)([O-])[O-].CCCCCCCCCCCCP(=O)([O-])[O-].[Fe+3].[Fe+3]. The zero-order chi connectivity index (χ0) is 36.8. The Bertz CT molecular complexity index is 678. The van der Waals surface area contributed by atoms with E-state index in [-0.39, 0.29) is 52.6 Å². The second kappa shape index (κ2) is 44.9. The number of hydrogen-bond donors (Lipinski definition) is 0. The van der Waals surface area contributed by atoms with Crippen LogP contribution in [0.5, 0.6) is 0 Å². The summed E-state index contributed by atoms with van der Waals surface area (Å²) < 4.78 is 31.0. The molecule has 0 aliphatic carbocycles. The Morgan fingerprint density at radius 2 is 0.380 bits per heavy atom. The van der Waals surface area contributed by atoms with E-state index in [1.807, 2.05) is 0 Å². The van der Waals surface area contributed by atoms with Crippen LogP contribution < -0.4 is 29.4 Å². The molecule has 0 bridgehead atoms. The van der Waals surface area contributed by atoms with Gasteiger partial charge in [0.15, 0.2) is 0 Å². The molecule has 0 amide bonds. The van der Waals surface area contributed by atoms with Crippen LogP contribution in [0, 0.1) is 0 Å². The maximum Gasteiger partial charge on any atom is 3.00 e. The van der Waals surface area contributed by atoms with E-state index < -0.39 is 22.8 Å². The van der Waals surface area contributed by atoms with E-state index in [9.17, 15) is 43.1 Å². The van der Waals surface area contributed by atoms with Crippen molar-refractivity contribution in [1.82, 2.24) is 0 Å². The van der Waals surface area contributed by atoms with E-state index in [2.05, 4.69) is 20.8 Å². The van der Waals surface area contributed by atoms with Crippen LogP contribution in [0.25, 0.3) is 0 Å². The minimum Gasteiger partial charge on any atom is -0.811 e. The minimum absolute atomic E-state index is 0. The van der Waals surface area contributed by atoms with Crippen LogP contribution >= 0.6 is 22.8 Å². The molecule has 0 N–H and O–H groups in total. The molecule has 0 saturated carbocycles. The van der Waals surface area contributed by atoms with E-state index in [0.29, 0.717) is 19.3 Å². The monoisotopic (exact) mass is 856 g/mol. The first-order valence-electron chi connectivity index (χ1n) is 19.7. The molecule has 0 heterocycles. The molecule has 0 aliphatic rings. The van der Waals surface area contributed by atoms with Gasteiger partial charge in [-0.25, -0.2) is 0 Å². The Hall–Kier alpha value is 1.49. The van der Waals surface area contributed by atoms with Gasteiger partial charge in [-0.3, -0.25) is 0 Å².